The van der Waals surface area contributed by atoms with Gasteiger partial charge < -0.3 is 9.15 Å². The van der Waals surface area contributed by atoms with Crippen molar-refractivity contribution in [3.63, 3.8) is 0 Å². The Labute approximate surface area is 87.7 Å². The summed E-state index contributed by atoms with van der Waals surface area (Å²) < 4.78 is 44.1. The second-order valence-electron chi connectivity index (χ2n) is 2.79. The number of nitrogens with zero attached hydrogens (tertiary/aromatic N) is 2. The highest BCUT2D eigenvalue weighted by atomic mass is 19.4. The summed E-state index contributed by atoms with van der Waals surface area (Å²) in [5.41, 5.74) is 0.382. The van der Waals surface area contributed by atoms with E-state index in [1.165, 1.54) is 18.7 Å². The number of hydrogen-bond donors (Lipinski definition) is 0. The molecule has 16 heavy (non-hydrogen) atoms. The molecular weight excluding hydrogens is 225 g/mol. The van der Waals surface area contributed by atoms with Crippen LogP contribution in [0.5, 0.6) is 5.75 Å². The minimum Gasteiger partial charge on any atom is -0.442 e. The Bertz CT molecular complexity index is 451. The fourth-order valence-electron chi connectivity index (χ4n) is 1.06. The van der Waals surface area contributed by atoms with Gasteiger partial charge in [0.1, 0.15) is 11.4 Å². The second-order valence-corrected chi connectivity index (χ2v) is 2.79. The van der Waals surface area contributed by atoms with Crippen LogP contribution in [0.1, 0.15) is 0 Å². The highest BCUT2D eigenvalue weighted by Gasteiger charge is 2.31. The molecule has 0 amide bonds. The first kappa shape index (κ1) is 10.5. The fraction of sp³-hybridized carbons (Fsp3) is 0.111. The molecule has 84 valence electrons. The van der Waals surface area contributed by atoms with Gasteiger partial charge in [-0.1, -0.05) is 0 Å². The van der Waals surface area contributed by atoms with E-state index in [2.05, 4.69) is 14.7 Å². The molecule has 2 heterocycles. The lowest BCUT2D eigenvalue weighted by molar-refractivity contribution is -0.274. The van der Waals surface area contributed by atoms with Gasteiger partial charge in [0.05, 0.1) is 12.4 Å². The zero-order chi connectivity index (χ0) is 11.6. The molecule has 0 saturated carbocycles. The van der Waals surface area contributed by atoms with Crippen LogP contribution in [0, 0.1) is 0 Å². The molecule has 0 aliphatic heterocycles. The van der Waals surface area contributed by atoms with Crippen LogP contribution in [-0.2, 0) is 0 Å². The third kappa shape index (κ3) is 2.50. The molecule has 4 nitrogen and oxygen atoms in total. The second kappa shape index (κ2) is 3.84. The Morgan fingerprint density at radius 1 is 1.19 bits per heavy atom. The van der Waals surface area contributed by atoms with Crippen molar-refractivity contribution < 1.29 is 22.3 Å². The summed E-state index contributed by atoms with van der Waals surface area (Å²) in [4.78, 5) is 7.41. The van der Waals surface area contributed by atoms with Gasteiger partial charge in [-0.15, -0.1) is 13.2 Å². The summed E-state index contributed by atoms with van der Waals surface area (Å²) >= 11 is 0. The number of oxazole rings is 1. The highest BCUT2D eigenvalue weighted by molar-refractivity contribution is 5.50. The average Bonchev–Trinajstić information content (AvgIpc) is 2.69. The summed E-state index contributed by atoms with van der Waals surface area (Å²) in [5.74, 6) is -0.00526. The van der Waals surface area contributed by atoms with Crippen molar-refractivity contribution in [2.24, 2.45) is 0 Å². The van der Waals surface area contributed by atoms with E-state index in [1.54, 1.807) is 0 Å². The number of ether oxygens (including phenoxy) is 1. The van der Waals surface area contributed by atoms with E-state index in [4.69, 9.17) is 4.42 Å². The maximum atomic E-state index is 11.8. The van der Waals surface area contributed by atoms with Crippen LogP contribution in [0.4, 0.5) is 13.2 Å². The molecular formula is C9H5F3N2O2. The van der Waals surface area contributed by atoms with Crippen molar-refractivity contribution >= 4 is 0 Å². The van der Waals surface area contributed by atoms with Crippen LogP contribution in [0.2, 0.25) is 0 Å². The molecule has 0 unspecified atom stereocenters. The molecule has 0 N–H and O–H groups in total. The van der Waals surface area contributed by atoms with Crippen molar-refractivity contribution in [3.05, 3.63) is 30.9 Å². The van der Waals surface area contributed by atoms with Crippen LogP contribution in [-0.4, -0.2) is 16.3 Å². The standard InChI is InChI=1S/C9H5F3N2O2/c10-9(11,12)16-6-1-2-7(14-3-6)8-4-13-5-15-8/h1-5H. The minimum atomic E-state index is -4.71. The van der Waals surface area contributed by atoms with Gasteiger partial charge >= 0.3 is 6.36 Å². The number of halogens is 3. The van der Waals surface area contributed by atoms with Crippen LogP contribution >= 0.6 is 0 Å². The van der Waals surface area contributed by atoms with Gasteiger partial charge in [0.25, 0.3) is 0 Å². The molecule has 0 aromatic carbocycles. The Morgan fingerprint density at radius 3 is 2.50 bits per heavy atom. The van der Waals surface area contributed by atoms with Gasteiger partial charge in [-0.2, -0.15) is 0 Å². The molecule has 7 heteroatoms. The van der Waals surface area contributed by atoms with Gasteiger partial charge in [0.2, 0.25) is 0 Å². The molecule has 0 radical (unpaired) electrons. The van der Waals surface area contributed by atoms with E-state index in [9.17, 15) is 13.2 Å². The quantitative estimate of drug-likeness (QED) is 0.795. The van der Waals surface area contributed by atoms with Gasteiger partial charge in [0, 0.05) is 0 Å². The van der Waals surface area contributed by atoms with Crippen molar-refractivity contribution in [2.75, 3.05) is 0 Å². The lowest BCUT2D eigenvalue weighted by Crippen LogP contribution is -2.17. The molecule has 0 fully saturated rings. The molecule has 0 aliphatic carbocycles. The summed E-state index contributed by atoms with van der Waals surface area (Å²) in [6, 6.07) is 2.50. The minimum absolute atomic E-state index is 0.374. The fourth-order valence-corrected chi connectivity index (χ4v) is 1.06. The zero-order valence-electron chi connectivity index (χ0n) is 7.73. The number of hydrogen-bond acceptors (Lipinski definition) is 4. The van der Waals surface area contributed by atoms with E-state index in [1.807, 2.05) is 0 Å². The third-order valence-electron chi connectivity index (χ3n) is 1.65. The van der Waals surface area contributed by atoms with Crippen molar-refractivity contribution in [3.8, 4) is 17.2 Å². The molecule has 2 aromatic heterocycles. The number of aromatic nitrogens is 2. The third-order valence-corrected chi connectivity index (χ3v) is 1.65. The normalized spacial score (nSPS) is 11.4. The lowest BCUT2D eigenvalue weighted by Gasteiger charge is -2.07. The SMILES string of the molecule is FC(F)(F)Oc1ccc(-c2cnco2)nc1. The van der Waals surface area contributed by atoms with Gasteiger partial charge in [-0.25, -0.2) is 9.97 Å². The summed E-state index contributed by atoms with van der Waals surface area (Å²) in [6.45, 7) is 0. The maximum Gasteiger partial charge on any atom is 0.573 e. The molecule has 0 bridgehead atoms. The van der Waals surface area contributed by atoms with Gasteiger partial charge in [-0.3, -0.25) is 0 Å². The smallest absolute Gasteiger partial charge is 0.442 e. The summed E-state index contributed by atoms with van der Waals surface area (Å²) in [6.07, 6.45) is -1.13. The highest BCUT2D eigenvalue weighted by Crippen LogP contribution is 2.24. The number of pyridine rings is 1. The van der Waals surface area contributed by atoms with Crippen LogP contribution in [0.25, 0.3) is 11.5 Å². The molecule has 2 rings (SSSR count). The van der Waals surface area contributed by atoms with Crippen LogP contribution in [0.3, 0.4) is 0 Å². The molecule has 0 spiro atoms. The first-order chi connectivity index (χ1) is 7.54. The van der Waals surface area contributed by atoms with Crippen molar-refractivity contribution in [1.29, 1.82) is 0 Å². The lowest BCUT2D eigenvalue weighted by atomic mass is 10.3. The van der Waals surface area contributed by atoms with E-state index >= 15 is 0 Å². The zero-order valence-corrected chi connectivity index (χ0v) is 7.73. The predicted molar refractivity (Wildman–Crippen MR) is 46.4 cm³/mol. The van der Waals surface area contributed by atoms with Gasteiger partial charge in [0.15, 0.2) is 12.2 Å². The van der Waals surface area contributed by atoms with E-state index in [0.717, 1.165) is 12.3 Å². The van der Waals surface area contributed by atoms with E-state index < -0.39 is 6.36 Å². The first-order valence-electron chi connectivity index (χ1n) is 4.15. The molecule has 0 aliphatic rings. The van der Waals surface area contributed by atoms with Crippen molar-refractivity contribution in [2.45, 2.75) is 6.36 Å². The maximum absolute atomic E-state index is 11.8. The Morgan fingerprint density at radius 2 is 2.00 bits per heavy atom. The Kier molecular flexibility index (Phi) is 2.51. The monoisotopic (exact) mass is 230 g/mol. The molecule has 2 aromatic rings. The van der Waals surface area contributed by atoms with E-state index in [-0.39, 0.29) is 5.75 Å². The topological polar surface area (TPSA) is 48.2 Å². The number of rotatable bonds is 2. The van der Waals surface area contributed by atoms with Gasteiger partial charge in [-0.05, 0) is 12.1 Å². The van der Waals surface area contributed by atoms with Crippen LogP contribution < -0.4 is 4.74 Å². The molecule has 0 saturated heterocycles. The predicted octanol–water partition coefficient (Wildman–Crippen LogP) is 2.64. The van der Waals surface area contributed by atoms with Crippen molar-refractivity contribution in [1.82, 2.24) is 9.97 Å². The molecule has 0 atom stereocenters. The first-order valence-corrected chi connectivity index (χ1v) is 4.15. The van der Waals surface area contributed by atoms with E-state index in [0.29, 0.717) is 11.5 Å². The summed E-state index contributed by atoms with van der Waals surface area (Å²) in [5, 5.41) is 0. The largest absolute Gasteiger partial charge is 0.573 e. The Hall–Kier alpha value is -2.05. The number of alkyl halides is 3. The average molecular weight is 230 g/mol. The Balaban J connectivity index is 2.17. The summed E-state index contributed by atoms with van der Waals surface area (Å²) in [7, 11) is 0. The van der Waals surface area contributed by atoms with Crippen LogP contribution in [0.15, 0.2) is 35.3 Å².